The van der Waals surface area contributed by atoms with E-state index >= 15 is 0 Å². The van der Waals surface area contributed by atoms with Gasteiger partial charge in [0.15, 0.2) is 11.5 Å². The summed E-state index contributed by atoms with van der Waals surface area (Å²) in [6, 6.07) is 3.47. The molecule has 0 saturated heterocycles. The van der Waals surface area contributed by atoms with Gasteiger partial charge in [-0.25, -0.2) is 4.98 Å². The normalized spacial score (nSPS) is 23.9. The van der Waals surface area contributed by atoms with E-state index in [1.807, 2.05) is 0 Å². The van der Waals surface area contributed by atoms with Gasteiger partial charge in [0.1, 0.15) is 5.52 Å². The number of nitrogens with zero attached hydrogens (tertiary/aromatic N) is 1. The zero-order valence-corrected chi connectivity index (χ0v) is 12.0. The molecule has 0 radical (unpaired) electrons. The van der Waals surface area contributed by atoms with Crippen molar-refractivity contribution in [2.45, 2.75) is 31.6 Å². The third kappa shape index (κ3) is 2.47. The van der Waals surface area contributed by atoms with Crippen LogP contribution in [0.4, 0.5) is 0 Å². The summed E-state index contributed by atoms with van der Waals surface area (Å²) < 4.78 is 5.87. The fraction of sp³-hybridized carbons (Fsp3) is 0.500. The zero-order valence-electron chi connectivity index (χ0n) is 10.5. The molecule has 5 heteroatoms. The highest BCUT2D eigenvalue weighted by Gasteiger charge is 2.29. The molecule has 2 N–H and O–H groups in total. The van der Waals surface area contributed by atoms with E-state index in [-0.39, 0.29) is 0 Å². The zero-order chi connectivity index (χ0) is 13.4. The van der Waals surface area contributed by atoms with Gasteiger partial charge < -0.3 is 10.2 Å². The fourth-order valence-electron chi connectivity index (χ4n) is 2.95. The van der Waals surface area contributed by atoms with Crippen LogP contribution in [0.2, 0.25) is 10.0 Å². The maximum absolute atomic E-state index is 6.14. The van der Waals surface area contributed by atoms with Crippen LogP contribution in [0.3, 0.4) is 0 Å². The first-order chi connectivity index (χ1) is 9.19. The maximum Gasteiger partial charge on any atom is 0.199 e. The molecule has 1 aromatic heterocycles. The monoisotopic (exact) mass is 298 g/mol. The van der Waals surface area contributed by atoms with E-state index in [9.17, 15) is 0 Å². The summed E-state index contributed by atoms with van der Waals surface area (Å²) in [5.74, 6) is 1.52. The minimum absolute atomic E-state index is 0.306. The van der Waals surface area contributed by atoms with Crippen LogP contribution >= 0.6 is 23.2 Å². The number of nitrogens with two attached hydrogens (primary N) is 1. The van der Waals surface area contributed by atoms with Crippen LogP contribution in [0.15, 0.2) is 16.5 Å². The Morgan fingerprint density at radius 3 is 2.84 bits per heavy atom. The van der Waals surface area contributed by atoms with Gasteiger partial charge in [0, 0.05) is 10.9 Å². The van der Waals surface area contributed by atoms with Crippen molar-refractivity contribution in [2.24, 2.45) is 11.7 Å². The van der Waals surface area contributed by atoms with Crippen LogP contribution in [-0.4, -0.2) is 11.5 Å². The third-order valence-electron chi connectivity index (χ3n) is 3.96. The highest BCUT2D eigenvalue weighted by atomic mass is 35.5. The van der Waals surface area contributed by atoms with Crippen LogP contribution in [0.1, 0.15) is 37.5 Å². The minimum Gasteiger partial charge on any atom is -0.439 e. The Morgan fingerprint density at radius 2 is 2.05 bits per heavy atom. The third-order valence-corrected chi connectivity index (χ3v) is 4.45. The maximum atomic E-state index is 6.14. The van der Waals surface area contributed by atoms with Gasteiger partial charge in [-0.2, -0.15) is 0 Å². The molecule has 1 fully saturated rings. The lowest BCUT2D eigenvalue weighted by atomic mass is 9.79. The molecule has 0 bridgehead atoms. The van der Waals surface area contributed by atoms with Crippen molar-refractivity contribution < 1.29 is 4.42 Å². The van der Waals surface area contributed by atoms with Crippen LogP contribution in [0, 0.1) is 5.92 Å². The molecule has 1 aliphatic rings. The molecule has 2 aromatic rings. The van der Waals surface area contributed by atoms with E-state index in [2.05, 4.69) is 4.98 Å². The number of fused-ring (bicyclic) bond motifs is 1. The van der Waals surface area contributed by atoms with Crippen molar-refractivity contribution in [3.05, 3.63) is 28.1 Å². The van der Waals surface area contributed by atoms with Gasteiger partial charge in [0.25, 0.3) is 0 Å². The highest BCUT2D eigenvalue weighted by molar-refractivity contribution is 6.37. The van der Waals surface area contributed by atoms with Gasteiger partial charge in [-0.05, 0) is 37.4 Å². The number of halogens is 2. The Hall–Kier alpha value is -0.770. The molecule has 1 aromatic carbocycles. The van der Waals surface area contributed by atoms with E-state index in [1.54, 1.807) is 12.1 Å². The van der Waals surface area contributed by atoms with Crippen molar-refractivity contribution in [2.75, 3.05) is 6.54 Å². The summed E-state index contributed by atoms with van der Waals surface area (Å²) in [6.07, 6.45) is 4.67. The van der Waals surface area contributed by atoms with Gasteiger partial charge in [-0.3, -0.25) is 0 Å². The molecule has 102 valence electrons. The van der Waals surface area contributed by atoms with E-state index in [1.165, 1.54) is 12.8 Å². The first kappa shape index (κ1) is 13.2. The molecule has 1 aliphatic carbocycles. The van der Waals surface area contributed by atoms with Gasteiger partial charge in [0.05, 0.1) is 5.02 Å². The van der Waals surface area contributed by atoms with Gasteiger partial charge in [-0.1, -0.05) is 36.0 Å². The lowest BCUT2D eigenvalue weighted by molar-refractivity contribution is 0.275. The number of hydrogen-bond acceptors (Lipinski definition) is 3. The molecule has 1 heterocycles. The first-order valence-electron chi connectivity index (χ1n) is 6.64. The standard InChI is InChI=1S/C14H16Cl2N2O/c15-9-5-11(16)13-12(6-9)18-14(19-13)10-4-2-1-3-8(10)7-17/h5-6,8,10H,1-4,7,17H2. The van der Waals surface area contributed by atoms with Crippen LogP contribution < -0.4 is 5.73 Å². The molecule has 3 nitrogen and oxygen atoms in total. The van der Waals surface area contributed by atoms with Crippen LogP contribution in [-0.2, 0) is 0 Å². The molecule has 3 rings (SSSR count). The first-order valence-corrected chi connectivity index (χ1v) is 7.40. The number of oxazole rings is 1. The second-order valence-electron chi connectivity index (χ2n) is 5.17. The second kappa shape index (κ2) is 5.31. The highest BCUT2D eigenvalue weighted by Crippen LogP contribution is 2.39. The summed E-state index contributed by atoms with van der Waals surface area (Å²) >= 11 is 12.1. The quantitative estimate of drug-likeness (QED) is 0.896. The van der Waals surface area contributed by atoms with Gasteiger partial charge >= 0.3 is 0 Å². The Labute approximate surface area is 122 Å². The summed E-state index contributed by atoms with van der Waals surface area (Å²) in [5.41, 5.74) is 7.22. The Morgan fingerprint density at radius 1 is 1.26 bits per heavy atom. The Balaban J connectivity index is 2.02. The van der Waals surface area contributed by atoms with Gasteiger partial charge in [0.2, 0.25) is 0 Å². The molecule has 2 atom stereocenters. The van der Waals surface area contributed by atoms with E-state index < -0.39 is 0 Å². The van der Waals surface area contributed by atoms with E-state index in [0.717, 1.165) is 24.2 Å². The Bertz CT molecular complexity index is 596. The summed E-state index contributed by atoms with van der Waals surface area (Å²) in [6.45, 7) is 0.678. The summed E-state index contributed by atoms with van der Waals surface area (Å²) in [4.78, 5) is 4.57. The molecular formula is C14H16Cl2N2O. The molecule has 19 heavy (non-hydrogen) atoms. The van der Waals surface area contributed by atoms with E-state index in [4.69, 9.17) is 33.4 Å². The second-order valence-corrected chi connectivity index (χ2v) is 6.02. The van der Waals surface area contributed by atoms with Crippen LogP contribution in [0.5, 0.6) is 0 Å². The molecule has 2 unspecified atom stereocenters. The lowest BCUT2D eigenvalue weighted by Gasteiger charge is -2.27. The van der Waals surface area contributed by atoms with Crippen LogP contribution in [0.25, 0.3) is 11.1 Å². The van der Waals surface area contributed by atoms with Crippen molar-refractivity contribution in [3.8, 4) is 0 Å². The lowest BCUT2D eigenvalue weighted by Crippen LogP contribution is -2.25. The predicted molar refractivity (Wildman–Crippen MR) is 77.8 cm³/mol. The summed E-state index contributed by atoms with van der Waals surface area (Å²) in [5, 5.41) is 1.10. The number of aromatic nitrogens is 1. The number of rotatable bonds is 2. The largest absolute Gasteiger partial charge is 0.439 e. The fourth-order valence-corrected chi connectivity index (χ4v) is 3.47. The van der Waals surface area contributed by atoms with Crippen molar-refractivity contribution in [3.63, 3.8) is 0 Å². The Kier molecular flexibility index (Phi) is 3.70. The molecule has 0 aliphatic heterocycles. The average Bonchev–Trinajstić information content (AvgIpc) is 2.82. The average molecular weight is 299 g/mol. The molecule has 0 amide bonds. The summed E-state index contributed by atoms with van der Waals surface area (Å²) in [7, 11) is 0. The van der Waals surface area contributed by atoms with Crippen molar-refractivity contribution in [1.29, 1.82) is 0 Å². The number of benzene rings is 1. The van der Waals surface area contributed by atoms with E-state index in [0.29, 0.717) is 34.0 Å². The smallest absolute Gasteiger partial charge is 0.199 e. The molecule has 0 spiro atoms. The van der Waals surface area contributed by atoms with Gasteiger partial charge in [-0.15, -0.1) is 0 Å². The van der Waals surface area contributed by atoms with Crippen molar-refractivity contribution in [1.82, 2.24) is 4.98 Å². The molecular weight excluding hydrogens is 283 g/mol. The van der Waals surface area contributed by atoms with Crippen molar-refractivity contribution >= 4 is 34.3 Å². The molecule has 1 saturated carbocycles. The number of hydrogen-bond donors (Lipinski definition) is 1. The SMILES string of the molecule is NCC1CCCCC1c1nc2cc(Cl)cc(Cl)c2o1. The minimum atomic E-state index is 0.306. The predicted octanol–water partition coefficient (Wildman–Crippen LogP) is 4.37. The topological polar surface area (TPSA) is 52.0 Å².